The number of carboxylic acid groups (broad SMARTS) is 1. The van der Waals surface area contributed by atoms with Gasteiger partial charge in [0.25, 0.3) is 0 Å². The maximum atomic E-state index is 13.6. The number of amides is 1. The fourth-order valence-electron chi connectivity index (χ4n) is 6.25. The third kappa shape index (κ3) is 6.84. The van der Waals surface area contributed by atoms with E-state index < -0.39 is 22.2 Å². The lowest BCUT2D eigenvalue weighted by Gasteiger charge is -2.36. The number of benzene rings is 3. The van der Waals surface area contributed by atoms with Crippen LogP contribution in [0.15, 0.2) is 115 Å². The molecule has 1 heterocycles. The predicted molar refractivity (Wildman–Crippen MR) is 172 cm³/mol. The van der Waals surface area contributed by atoms with Gasteiger partial charge in [-0.05, 0) is 48.9 Å². The standard InChI is InChI=1S/C36H38N2O4S/c39-32(38-31(34(41)42)26-35(22-11-4-12-23-35)33(40)30-20-13-24-37-30)21-25-43-36(27-14-5-1-6-15-27,28-16-7-2-8-17-28)29-18-9-3-10-19-29/h1-12,14-19,22,30-31,37H,13,20-21,23-26H2,(H,38,39)(H,41,42)/t30-,31?,35?/m0/s1. The summed E-state index contributed by atoms with van der Waals surface area (Å²) in [4.78, 5) is 39.3. The Morgan fingerprint density at radius 3 is 1.95 bits per heavy atom. The molecule has 0 aromatic heterocycles. The number of hydrogen-bond donors (Lipinski definition) is 3. The van der Waals surface area contributed by atoms with Gasteiger partial charge < -0.3 is 15.7 Å². The lowest BCUT2D eigenvalue weighted by Crippen LogP contribution is -2.49. The summed E-state index contributed by atoms with van der Waals surface area (Å²) in [5.74, 6) is -1.03. The van der Waals surface area contributed by atoms with Crippen LogP contribution in [0.4, 0.5) is 0 Å². The third-order valence-electron chi connectivity index (χ3n) is 8.40. The van der Waals surface area contributed by atoms with Crippen molar-refractivity contribution in [1.82, 2.24) is 10.6 Å². The van der Waals surface area contributed by atoms with E-state index in [1.165, 1.54) is 0 Å². The van der Waals surface area contributed by atoms with Gasteiger partial charge in [-0.1, -0.05) is 115 Å². The van der Waals surface area contributed by atoms with Crippen LogP contribution in [-0.2, 0) is 19.1 Å². The van der Waals surface area contributed by atoms with Gasteiger partial charge in [0.1, 0.15) is 6.04 Å². The number of nitrogens with one attached hydrogen (secondary N) is 2. The van der Waals surface area contributed by atoms with Gasteiger partial charge in [-0.3, -0.25) is 9.59 Å². The number of rotatable bonds is 13. The number of carbonyl (C=O) groups is 3. The number of thioether (sulfide) groups is 1. The highest BCUT2D eigenvalue weighted by Crippen LogP contribution is 2.48. The molecule has 6 nitrogen and oxygen atoms in total. The summed E-state index contributed by atoms with van der Waals surface area (Å²) in [5.41, 5.74) is 2.32. The number of Topliss-reactive ketones (excluding diaryl/α,β-unsaturated/α-hetero) is 1. The lowest BCUT2D eigenvalue weighted by molar-refractivity contribution is -0.143. The first-order valence-corrected chi connectivity index (χ1v) is 15.9. The van der Waals surface area contributed by atoms with Gasteiger partial charge in [-0.2, -0.15) is 0 Å². The topological polar surface area (TPSA) is 95.5 Å². The van der Waals surface area contributed by atoms with E-state index in [1.54, 1.807) is 11.8 Å². The first kappa shape index (κ1) is 30.5. The maximum Gasteiger partial charge on any atom is 0.326 e. The zero-order valence-corrected chi connectivity index (χ0v) is 25.0. The molecule has 3 atom stereocenters. The molecule has 0 radical (unpaired) electrons. The van der Waals surface area contributed by atoms with Crippen molar-refractivity contribution in [2.45, 2.75) is 48.9 Å². The highest BCUT2D eigenvalue weighted by molar-refractivity contribution is 8.00. The predicted octanol–water partition coefficient (Wildman–Crippen LogP) is 5.88. The molecule has 7 heteroatoms. The van der Waals surface area contributed by atoms with E-state index in [-0.39, 0.29) is 30.6 Å². The van der Waals surface area contributed by atoms with Crippen LogP contribution in [0, 0.1) is 5.41 Å². The highest BCUT2D eigenvalue weighted by Gasteiger charge is 2.44. The molecule has 222 valence electrons. The summed E-state index contributed by atoms with van der Waals surface area (Å²) in [6.07, 6.45) is 9.63. The Morgan fingerprint density at radius 1 is 0.907 bits per heavy atom. The van der Waals surface area contributed by atoms with Crippen LogP contribution < -0.4 is 10.6 Å². The molecule has 5 rings (SSSR count). The van der Waals surface area contributed by atoms with Crippen LogP contribution in [0.5, 0.6) is 0 Å². The second-order valence-corrected chi connectivity index (χ2v) is 12.5. The Hall–Kier alpha value is -3.94. The highest BCUT2D eigenvalue weighted by atomic mass is 32.2. The van der Waals surface area contributed by atoms with Crippen LogP contribution in [0.1, 0.15) is 48.8 Å². The second kappa shape index (κ2) is 14.0. The summed E-state index contributed by atoms with van der Waals surface area (Å²) in [7, 11) is 0. The Morgan fingerprint density at radius 2 is 1.49 bits per heavy atom. The second-order valence-electron chi connectivity index (χ2n) is 11.2. The Labute approximate surface area is 257 Å². The molecule has 2 unspecified atom stereocenters. The van der Waals surface area contributed by atoms with E-state index >= 15 is 0 Å². The molecule has 2 aliphatic rings. The summed E-state index contributed by atoms with van der Waals surface area (Å²) in [6, 6.07) is 29.3. The minimum atomic E-state index is -1.18. The molecule has 1 aliphatic carbocycles. The largest absolute Gasteiger partial charge is 0.480 e. The maximum absolute atomic E-state index is 13.6. The fraction of sp³-hybridized carbons (Fsp3) is 0.306. The van der Waals surface area contributed by atoms with Gasteiger partial charge in [0.2, 0.25) is 5.91 Å². The Kier molecular flexibility index (Phi) is 9.95. The molecule has 3 aromatic carbocycles. The molecule has 0 saturated carbocycles. The zero-order chi connectivity index (χ0) is 30.1. The molecule has 1 aliphatic heterocycles. The molecule has 3 aromatic rings. The van der Waals surface area contributed by atoms with Gasteiger partial charge in [-0.25, -0.2) is 4.79 Å². The van der Waals surface area contributed by atoms with E-state index in [9.17, 15) is 19.5 Å². The molecule has 0 spiro atoms. The smallest absolute Gasteiger partial charge is 0.326 e. The molecule has 1 saturated heterocycles. The van der Waals surface area contributed by atoms with Gasteiger partial charge in [-0.15, -0.1) is 11.8 Å². The normalized spacial score (nSPS) is 20.4. The molecule has 1 amide bonds. The SMILES string of the molecule is O=C(CCSC(c1ccccc1)(c1ccccc1)c1ccccc1)NC(CC1(C(=O)[C@@H]2CCCN2)C=CC=CC1)C(=O)O. The van der Waals surface area contributed by atoms with E-state index in [0.717, 1.165) is 36.1 Å². The van der Waals surface area contributed by atoms with E-state index in [1.807, 2.05) is 78.9 Å². The zero-order valence-electron chi connectivity index (χ0n) is 24.2. The van der Waals surface area contributed by atoms with Crippen molar-refractivity contribution in [3.05, 3.63) is 132 Å². The van der Waals surface area contributed by atoms with Crippen molar-refractivity contribution in [2.75, 3.05) is 12.3 Å². The monoisotopic (exact) mass is 594 g/mol. The van der Waals surface area contributed by atoms with Crippen LogP contribution >= 0.6 is 11.8 Å². The van der Waals surface area contributed by atoms with Crippen molar-refractivity contribution >= 4 is 29.4 Å². The van der Waals surface area contributed by atoms with E-state index in [0.29, 0.717) is 12.2 Å². The summed E-state index contributed by atoms with van der Waals surface area (Å²) in [6.45, 7) is 0.777. The average Bonchev–Trinajstić information content (AvgIpc) is 3.59. The number of aliphatic carboxylic acids is 1. The van der Waals surface area contributed by atoms with Gasteiger partial charge >= 0.3 is 5.97 Å². The summed E-state index contributed by atoms with van der Waals surface area (Å²) < 4.78 is -0.569. The number of hydrogen-bond acceptors (Lipinski definition) is 5. The quantitative estimate of drug-likeness (QED) is 0.214. The third-order valence-corrected chi connectivity index (χ3v) is 9.95. The first-order valence-electron chi connectivity index (χ1n) is 14.9. The first-order chi connectivity index (χ1) is 20.9. The van der Waals surface area contributed by atoms with Crippen LogP contribution in [0.3, 0.4) is 0 Å². The Bertz CT molecular complexity index is 1360. The van der Waals surface area contributed by atoms with Crippen molar-refractivity contribution < 1.29 is 19.5 Å². The van der Waals surface area contributed by atoms with Crippen LogP contribution in [0.2, 0.25) is 0 Å². The van der Waals surface area contributed by atoms with E-state index in [2.05, 4.69) is 47.0 Å². The van der Waals surface area contributed by atoms with Crippen molar-refractivity contribution in [1.29, 1.82) is 0 Å². The number of ketones is 1. The Balaban J connectivity index is 1.34. The van der Waals surface area contributed by atoms with Crippen molar-refractivity contribution in [3.63, 3.8) is 0 Å². The van der Waals surface area contributed by atoms with Gasteiger partial charge in [0, 0.05) is 12.2 Å². The summed E-state index contributed by atoms with van der Waals surface area (Å²) in [5, 5.41) is 16.1. The molecular weight excluding hydrogens is 556 g/mol. The molecule has 43 heavy (non-hydrogen) atoms. The van der Waals surface area contributed by atoms with Crippen LogP contribution in [-0.4, -0.2) is 47.1 Å². The number of allylic oxidation sites excluding steroid dienone is 4. The van der Waals surface area contributed by atoms with Crippen molar-refractivity contribution in [2.24, 2.45) is 5.41 Å². The minimum Gasteiger partial charge on any atom is -0.480 e. The lowest BCUT2D eigenvalue weighted by atomic mass is 9.70. The molecule has 1 fully saturated rings. The average molecular weight is 595 g/mol. The number of carboxylic acids is 1. The van der Waals surface area contributed by atoms with Gasteiger partial charge in [0.15, 0.2) is 5.78 Å². The fourth-order valence-corrected chi connectivity index (χ4v) is 7.75. The molecule has 0 bridgehead atoms. The van der Waals surface area contributed by atoms with Crippen molar-refractivity contribution in [3.8, 4) is 0 Å². The van der Waals surface area contributed by atoms with E-state index in [4.69, 9.17) is 0 Å². The number of carbonyl (C=O) groups excluding carboxylic acids is 2. The summed E-state index contributed by atoms with van der Waals surface area (Å²) >= 11 is 1.66. The molecular formula is C36H38N2O4S. The van der Waals surface area contributed by atoms with Gasteiger partial charge in [0.05, 0.1) is 16.2 Å². The minimum absolute atomic E-state index is 0.0000199. The molecule has 3 N–H and O–H groups in total. The van der Waals surface area contributed by atoms with Crippen LogP contribution in [0.25, 0.3) is 0 Å².